The molecule has 1 atom stereocenters. The Labute approximate surface area is 86.6 Å². The van der Waals surface area contributed by atoms with Crippen molar-refractivity contribution < 1.29 is 4.79 Å². The van der Waals surface area contributed by atoms with E-state index in [1.807, 2.05) is 0 Å². The second-order valence-corrected chi connectivity index (χ2v) is 3.60. The molecule has 0 fully saturated rings. The monoisotopic (exact) mass is 217 g/mol. The second kappa shape index (κ2) is 4.09. The van der Waals surface area contributed by atoms with Crippen LogP contribution in [0.25, 0.3) is 0 Å². The molecule has 1 aromatic rings. The molecule has 0 amide bonds. The van der Waals surface area contributed by atoms with Crippen LogP contribution in [0, 0.1) is 0 Å². The summed E-state index contributed by atoms with van der Waals surface area (Å²) in [4.78, 5) is 11.0. The van der Waals surface area contributed by atoms with E-state index in [-0.39, 0.29) is 5.78 Å². The van der Waals surface area contributed by atoms with Crippen LogP contribution < -0.4 is 5.73 Å². The maximum absolute atomic E-state index is 11.0. The summed E-state index contributed by atoms with van der Waals surface area (Å²) in [5.74, 6) is -0.121. The van der Waals surface area contributed by atoms with Crippen molar-refractivity contribution >= 4 is 29.0 Å². The van der Waals surface area contributed by atoms with Gasteiger partial charge in [-0.25, -0.2) is 0 Å². The average molecular weight is 218 g/mol. The Morgan fingerprint density at radius 3 is 2.54 bits per heavy atom. The highest BCUT2D eigenvalue weighted by atomic mass is 35.5. The van der Waals surface area contributed by atoms with Gasteiger partial charge in [0, 0.05) is 10.0 Å². The zero-order valence-corrected chi connectivity index (χ0v) is 8.56. The van der Waals surface area contributed by atoms with Crippen LogP contribution in [0.5, 0.6) is 0 Å². The standard InChI is InChI=1S/C9H9Cl2NO/c1-5(13)9(12)7-3-2-6(10)4-8(7)11/h2-4,9H,12H2,1H3/t9-/m1/s1. The molecule has 2 nitrogen and oxygen atoms in total. The normalized spacial score (nSPS) is 12.6. The molecule has 0 heterocycles. The summed E-state index contributed by atoms with van der Waals surface area (Å²) in [6.45, 7) is 1.43. The number of ketones is 1. The summed E-state index contributed by atoms with van der Waals surface area (Å²) in [5, 5.41) is 0.958. The summed E-state index contributed by atoms with van der Waals surface area (Å²) in [6.07, 6.45) is 0. The Morgan fingerprint density at radius 2 is 2.08 bits per heavy atom. The molecule has 0 aliphatic heterocycles. The minimum atomic E-state index is -0.662. The molecule has 1 aromatic carbocycles. The zero-order chi connectivity index (χ0) is 10.0. The molecule has 70 valence electrons. The van der Waals surface area contributed by atoms with Crippen LogP contribution >= 0.6 is 23.2 Å². The zero-order valence-electron chi connectivity index (χ0n) is 7.05. The summed E-state index contributed by atoms with van der Waals surface area (Å²) < 4.78 is 0. The van der Waals surface area contributed by atoms with Gasteiger partial charge in [-0.1, -0.05) is 29.3 Å². The number of halogens is 2. The highest BCUT2D eigenvalue weighted by Gasteiger charge is 2.14. The van der Waals surface area contributed by atoms with Gasteiger partial charge >= 0.3 is 0 Å². The predicted molar refractivity (Wildman–Crippen MR) is 54.1 cm³/mol. The van der Waals surface area contributed by atoms with Gasteiger partial charge < -0.3 is 5.73 Å². The summed E-state index contributed by atoms with van der Waals surface area (Å²) in [7, 11) is 0. The Bertz CT molecular complexity index is 338. The smallest absolute Gasteiger partial charge is 0.151 e. The van der Waals surface area contributed by atoms with Crippen LogP contribution in [-0.4, -0.2) is 5.78 Å². The van der Waals surface area contributed by atoms with Gasteiger partial charge in [0.05, 0.1) is 6.04 Å². The van der Waals surface area contributed by atoms with Crippen molar-refractivity contribution in [1.82, 2.24) is 0 Å². The molecule has 2 N–H and O–H groups in total. The van der Waals surface area contributed by atoms with Crippen LogP contribution in [0.3, 0.4) is 0 Å². The molecule has 0 aliphatic carbocycles. The van der Waals surface area contributed by atoms with Crippen LogP contribution in [0.2, 0.25) is 10.0 Å². The van der Waals surface area contributed by atoms with Crippen molar-refractivity contribution in [2.75, 3.05) is 0 Å². The highest BCUT2D eigenvalue weighted by molar-refractivity contribution is 6.35. The second-order valence-electron chi connectivity index (χ2n) is 2.75. The summed E-state index contributed by atoms with van der Waals surface area (Å²) >= 11 is 11.5. The molecule has 0 unspecified atom stereocenters. The first kappa shape index (κ1) is 10.5. The number of hydrogen-bond donors (Lipinski definition) is 1. The number of benzene rings is 1. The number of Topliss-reactive ketones (excluding diaryl/α,β-unsaturated/α-hetero) is 1. The van der Waals surface area contributed by atoms with E-state index in [1.54, 1.807) is 18.2 Å². The topological polar surface area (TPSA) is 43.1 Å². The minimum absolute atomic E-state index is 0.121. The number of rotatable bonds is 2. The van der Waals surface area contributed by atoms with Gasteiger partial charge in [-0.3, -0.25) is 4.79 Å². The van der Waals surface area contributed by atoms with Crippen molar-refractivity contribution in [2.24, 2.45) is 5.73 Å². The Hall–Kier alpha value is -0.570. The van der Waals surface area contributed by atoms with Crippen molar-refractivity contribution in [2.45, 2.75) is 13.0 Å². The molecule has 0 aromatic heterocycles. The molecule has 1 rings (SSSR count). The van der Waals surface area contributed by atoms with Crippen LogP contribution in [-0.2, 0) is 4.79 Å². The van der Waals surface area contributed by atoms with Crippen LogP contribution in [0.1, 0.15) is 18.5 Å². The van der Waals surface area contributed by atoms with Gasteiger partial charge in [0.15, 0.2) is 5.78 Å². The minimum Gasteiger partial charge on any atom is -0.318 e. The van der Waals surface area contributed by atoms with E-state index < -0.39 is 6.04 Å². The average Bonchev–Trinajstić information content (AvgIpc) is 2.03. The Morgan fingerprint density at radius 1 is 1.46 bits per heavy atom. The highest BCUT2D eigenvalue weighted by Crippen LogP contribution is 2.25. The molecule has 0 saturated carbocycles. The van der Waals surface area contributed by atoms with Crippen LogP contribution in [0.15, 0.2) is 18.2 Å². The predicted octanol–water partition coefficient (Wildman–Crippen LogP) is 2.58. The lowest BCUT2D eigenvalue weighted by Gasteiger charge is -2.09. The lowest BCUT2D eigenvalue weighted by Crippen LogP contribution is -2.18. The molecule has 4 heteroatoms. The SMILES string of the molecule is CC(=O)[C@@H](N)c1ccc(Cl)cc1Cl. The fourth-order valence-corrected chi connectivity index (χ4v) is 1.50. The summed E-state index contributed by atoms with van der Waals surface area (Å²) in [5.41, 5.74) is 6.22. The molecule has 0 aliphatic rings. The van der Waals surface area contributed by atoms with E-state index >= 15 is 0 Å². The van der Waals surface area contributed by atoms with Gasteiger partial charge in [-0.15, -0.1) is 0 Å². The van der Waals surface area contributed by atoms with Crippen molar-refractivity contribution in [3.8, 4) is 0 Å². The fraction of sp³-hybridized carbons (Fsp3) is 0.222. The number of carbonyl (C=O) groups is 1. The van der Waals surface area contributed by atoms with Gasteiger partial charge in [0.2, 0.25) is 0 Å². The molecular formula is C9H9Cl2NO. The van der Waals surface area contributed by atoms with Crippen molar-refractivity contribution in [3.05, 3.63) is 33.8 Å². The van der Waals surface area contributed by atoms with E-state index in [2.05, 4.69) is 0 Å². The van der Waals surface area contributed by atoms with Gasteiger partial charge in [0.25, 0.3) is 0 Å². The maximum Gasteiger partial charge on any atom is 0.151 e. The van der Waals surface area contributed by atoms with Crippen LogP contribution in [0.4, 0.5) is 0 Å². The Kier molecular flexibility index (Phi) is 3.31. The number of carbonyl (C=O) groups excluding carboxylic acids is 1. The van der Waals surface area contributed by atoms with E-state index in [9.17, 15) is 4.79 Å². The lowest BCUT2D eigenvalue weighted by atomic mass is 10.0. The fourth-order valence-electron chi connectivity index (χ4n) is 0.973. The molecule has 0 spiro atoms. The molecule has 13 heavy (non-hydrogen) atoms. The van der Waals surface area contributed by atoms with Gasteiger partial charge in [0.1, 0.15) is 0 Å². The van der Waals surface area contributed by atoms with Gasteiger partial charge in [-0.05, 0) is 24.6 Å². The summed E-state index contributed by atoms with van der Waals surface area (Å²) in [6, 6.07) is 4.23. The van der Waals surface area contributed by atoms with E-state index in [0.717, 1.165) is 0 Å². The van der Waals surface area contributed by atoms with E-state index in [0.29, 0.717) is 15.6 Å². The molecule has 0 bridgehead atoms. The third-order valence-corrected chi connectivity index (χ3v) is 2.30. The van der Waals surface area contributed by atoms with E-state index in [4.69, 9.17) is 28.9 Å². The maximum atomic E-state index is 11.0. The first-order valence-corrected chi connectivity index (χ1v) is 4.49. The largest absolute Gasteiger partial charge is 0.318 e. The number of nitrogens with two attached hydrogens (primary N) is 1. The third kappa shape index (κ3) is 2.44. The van der Waals surface area contributed by atoms with Crippen molar-refractivity contribution in [3.63, 3.8) is 0 Å². The Balaban J connectivity index is 3.08. The number of hydrogen-bond acceptors (Lipinski definition) is 2. The van der Waals surface area contributed by atoms with Gasteiger partial charge in [-0.2, -0.15) is 0 Å². The molecular weight excluding hydrogens is 209 g/mol. The lowest BCUT2D eigenvalue weighted by molar-refractivity contribution is -0.118. The van der Waals surface area contributed by atoms with Crippen molar-refractivity contribution in [1.29, 1.82) is 0 Å². The molecule has 0 saturated heterocycles. The third-order valence-electron chi connectivity index (χ3n) is 1.74. The first-order chi connectivity index (χ1) is 6.02. The quantitative estimate of drug-likeness (QED) is 0.828. The first-order valence-electron chi connectivity index (χ1n) is 3.73. The van der Waals surface area contributed by atoms with E-state index in [1.165, 1.54) is 6.92 Å². The molecule has 0 radical (unpaired) electrons.